The predicted octanol–water partition coefficient (Wildman–Crippen LogP) is 4.83. The quantitative estimate of drug-likeness (QED) is 0.310. The number of nitrogens with zero attached hydrogens (tertiary/aromatic N) is 2. The number of rotatable bonds is 10. The van der Waals surface area contributed by atoms with Crippen LogP contribution in [0.15, 0.2) is 65.5 Å². The van der Waals surface area contributed by atoms with E-state index in [2.05, 4.69) is 27.8 Å². The summed E-state index contributed by atoms with van der Waals surface area (Å²) in [5.74, 6) is 0.326. The van der Waals surface area contributed by atoms with Gasteiger partial charge < -0.3 is 30.2 Å². The fourth-order valence-electron chi connectivity index (χ4n) is 5.88. The minimum atomic E-state index is -0.376. The van der Waals surface area contributed by atoms with Crippen LogP contribution in [0.4, 0.5) is 21.9 Å². The van der Waals surface area contributed by atoms with Crippen LogP contribution in [0.3, 0.4) is 0 Å². The molecule has 3 heterocycles. The molecule has 2 aliphatic heterocycles. The molecule has 0 unspecified atom stereocenters. The highest BCUT2D eigenvalue weighted by atomic mass is 16.5. The number of pyridine rings is 1. The summed E-state index contributed by atoms with van der Waals surface area (Å²) >= 11 is 0. The molecular weight excluding hydrogens is 518 g/mol. The molecule has 41 heavy (non-hydrogen) atoms. The Labute approximate surface area is 240 Å². The third-order valence-electron chi connectivity index (χ3n) is 7.90. The smallest absolute Gasteiger partial charge is 0.323 e. The van der Waals surface area contributed by atoms with Gasteiger partial charge in [-0.25, -0.2) is 4.79 Å². The number of anilines is 3. The molecule has 2 aromatic carbocycles. The Morgan fingerprint density at radius 2 is 1.80 bits per heavy atom. The molecule has 3 aromatic rings. The molecule has 9 nitrogen and oxygen atoms in total. The maximum Gasteiger partial charge on any atom is 0.323 e. The Kier molecular flexibility index (Phi) is 9.04. The summed E-state index contributed by atoms with van der Waals surface area (Å²) in [6.07, 6.45) is 2.68. The van der Waals surface area contributed by atoms with E-state index in [0.29, 0.717) is 49.2 Å². The number of urea groups is 1. The number of carbonyl (C=O) groups excluding carboxylic acids is 2. The van der Waals surface area contributed by atoms with Gasteiger partial charge in [0.05, 0.1) is 11.4 Å². The Bertz CT molecular complexity index is 1430. The number of benzene rings is 2. The largest absolute Gasteiger partial charge is 0.382 e. The Morgan fingerprint density at radius 1 is 0.976 bits per heavy atom. The molecule has 1 saturated heterocycles. The molecule has 2 aliphatic rings. The van der Waals surface area contributed by atoms with Crippen molar-refractivity contribution in [2.24, 2.45) is 5.92 Å². The van der Waals surface area contributed by atoms with E-state index in [0.717, 1.165) is 43.7 Å². The summed E-state index contributed by atoms with van der Waals surface area (Å²) in [4.78, 5) is 40.8. The average Bonchev–Trinajstić information content (AvgIpc) is 2.98. The van der Waals surface area contributed by atoms with Gasteiger partial charge in [-0.1, -0.05) is 25.1 Å². The van der Waals surface area contributed by atoms with Crippen LogP contribution in [0.25, 0.3) is 0 Å². The normalized spacial score (nSPS) is 17.5. The molecule has 0 saturated carbocycles. The van der Waals surface area contributed by atoms with Crippen molar-refractivity contribution in [2.45, 2.75) is 45.6 Å². The number of piperidine rings is 1. The van der Waals surface area contributed by atoms with E-state index >= 15 is 0 Å². The van der Waals surface area contributed by atoms with Crippen LogP contribution >= 0.6 is 0 Å². The summed E-state index contributed by atoms with van der Waals surface area (Å²) in [5.41, 5.74) is 4.90. The van der Waals surface area contributed by atoms with E-state index in [4.69, 9.17) is 4.74 Å². The van der Waals surface area contributed by atoms with Gasteiger partial charge in [-0.2, -0.15) is 0 Å². The number of nitrogens with one attached hydrogen (secondary N) is 3. The van der Waals surface area contributed by atoms with E-state index in [1.165, 1.54) is 5.56 Å². The number of amides is 3. The summed E-state index contributed by atoms with van der Waals surface area (Å²) in [6, 6.07) is 18.4. The molecular formula is C32H39N5O4. The Morgan fingerprint density at radius 3 is 2.59 bits per heavy atom. The molecule has 0 radical (unpaired) electrons. The number of hydrogen-bond donors (Lipinski definition) is 3. The summed E-state index contributed by atoms with van der Waals surface area (Å²) in [5, 5.41) is 8.87. The van der Waals surface area contributed by atoms with Gasteiger partial charge in [-0.3, -0.25) is 9.59 Å². The van der Waals surface area contributed by atoms with E-state index in [9.17, 15) is 14.4 Å². The van der Waals surface area contributed by atoms with Crippen LogP contribution in [-0.2, 0) is 17.7 Å². The second-order valence-corrected chi connectivity index (χ2v) is 10.8. The first-order valence-electron chi connectivity index (χ1n) is 14.6. The van der Waals surface area contributed by atoms with E-state index in [1.54, 1.807) is 12.1 Å². The maximum absolute atomic E-state index is 13.1. The Balaban J connectivity index is 1.37. The minimum Gasteiger partial charge on any atom is -0.382 e. The predicted molar refractivity (Wildman–Crippen MR) is 162 cm³/mol. The zero-order valence-electron chi connectivity index (χ0n) is 23.8. The van der Waals surface area contributed by atoms with Crippen molar-refractivity contribution >= 4 is 29.0 Å². The molecule has 3 amide bonds. The monoisotopic (exact) mass is 557 g/mol. The van der Waals surface area contributed by atoms with Crippen LogP contribution in [0.5, 0.6) is 0 Å². The van der Waals surface area contributed by atoms with Crippen molar-refractivity contribution in [3.63, 3.8) is 0 Å². The topological polar surface area (TPSA) is 105 Å². The van der Waals surface area contributed by atoms with Gasteiger partial charge in [0.15, 0.2) is 0 Å². The number of carbonyl (C=O) groups is 2. The molecule has 1 fully saturated rings. The highest BCUT2D eigenvalue weighted by Gasteiger charge is 2.35. The number of fused-ring (bicyclic) bond motifs is 4. The van der Waals surface area contributed by atoms with Crippen LogP contribution < -0.4 is 26.4 Å². The lowest BCUT2D eigenvalue weighted by Gasteiger charge is -2.44. The fraction of sp³-hybridized carbons (Fsp3) is 0.406. The molecule has 0 spiro atoms. The van der Waals surface area contributed by atoms with Crippen molar-refractivity contribution in [3.8, 4) is 0 Å². The summed E-state index contributed by atoms with van der Waals surface area (Å²) in [6.45, 7) is 7.94. The van der Waals surface area contributed by atoms with Gasteiger partial charge in [0.25, 0.3) is 11.5 Å². The van der Waals surface area contributed by atoms with Crippen molar-refractivity contribution < 1.29 is 14.3 Å². The van der Waals surface area contributed by atoms with Gasteiger partial charge in [0.2, 0.25) is 0 Å². The summed E-state index contributed by atoms with van der Waals surface area (Å²) in [7, 11) is 0. The van der Waals surface area contributed by atoms with Crippen molar-refractivity contribution in [3.05, 3.63) is 87.8 Å². The highest BCUT2D eigenvalue weighted by molar-refractivity contribution is 6.04. The lowest BCUT2D eigenvalue weighted by Crippen LogP contribution is -2.47. The van der Waals surface area contributed by atoms with Crippen molar-refractivity contribution in [1.82, 2.24) is 9.88 Å². The number of ether oxygens (including phenoxy) is 1. The standard InChI is InChI=1S/C32H39N5O4/c1-3-22-9-12-26(13-10-22)34-32(40)35-27-18-24(31(39)33-15-6-16-41-4-2)11-14-29(27)36-19-23-17-25(21-36)28-7-5-8-30(38)37(28)20-23/h5,7-14,18,23,25H,3-4,6,15-17,19-21H2,1-2H3,(H,33,39)(H2,34,35,40)/t23-,25+/m1/s1. The fourth-order valence-corrected chi connectivity index (χ4v) is 5.88. The maximum atomic E-state index is 13.1. The van der Waals surface area contributed by atoms with Crippen LogP contribution in [0, 0.1) is 5.92 Å². The molecule has 2 atom stereocenters. The number of aromatic nitrogens is 1. The number of hydrogen-bond acceptors (Lipinski definition) is 5. The first-order chi connectivity index (χ1) is 19.9. The van der Waals surface area contributed by atoms with Gasteiger partial charge in [-0.15, -0.1) is 0 Å². The van der Waals surface area contributed by atoms with Crippen LogP contribution in [-0.4, -0.2) is 49.4 Å². The van der Waals surface area contributed by atoms with E-state index in [-0.39, 0.29) is 23.4 Å². The molecule has 1 aromatic heterocycles. The lowest BCUT2D eigenvalue weighted by atomic mass is 9.83. The van der Waals surface area contributed by atoms with Crippen LogP contribution in [0.2, 0.25) is 0 Å². The molecule has 9 heteroatoms. The second-order valence-electron chi connectivity index (χ2n) is 10.8. The molecule has 216 valence electrons. The number of aryl methyl sites for hydroxylation is 1. The van der Waals surface area contributed by atoms with Gasteiger partial charge in [-0.05, 0) is 74.1 Å². The molecule has 0 aliphatic carbocycles. The molecule has 3 N–H and O–H groups in total. The lowest BCUT2D eigenvalue weighted by molar-refractivity contribution is 0.0944. The van der Waals surface area contributed by atoms with Crippen molar-refractivity contribution in [2.75, 3.05) is 48.4 Å². The average molecular weight is 558 g/mol. The van der Waals surface area contributed by atoms with Gasteiger partial charge >= 0.3 is 6.03 Å². The second kappa shape index (κ2) is 13.0. The highest BCUT2D eigenvalue weighted by Crippen LogP contribution is 2.39. The zero-order chi connectivity index (χ0) is 28.8. The van der Waals surface area contributed by atoms with Crippen LogP contribution in [0.1, 0.15) is 54.2 Å². The Hall–Kier alpha value is -4.11. The first kappa shape index (κ1) is 28.4. The third-order valence-corrected chi connectivity index (χ3v) is 7.90. The molecule has 5 rings (SSSR count). The molecule has 2 bridgehead atoms. The van der Waals surface area contributed by atoms with Gasteiger partial charge in [0.1, 0.15) is 0 Å². The zero-order valence-corrected chi connectivity index (χ0v) is 23.8. The van der Waals surface area contributed by atoms with E-state index in [1.807, 2.05) is 60.0 Å². The van der Waals surface area contributed by atoms with Gasteiger partial charge in [0, 0.05) is 68.3 Å². The summed E-state index contributed by atoms with van der Waals surface area (Å²) < 4.78 is 7.27. The minimum absolute atomic E-state index is 0.0493. The first-order valence-corrected chi connectivity index (χ1v) is 14.6. The van der Waals surface area contributed by atoms with E-state index < -0.39 is 0 Å². The SMILES string of the molecule is CCOCCCNC(=O)c1ccc(N2C[C@H]3C[C@@H](C2)c2cccc(=O)n2C3)c(NC(=O)Nc2ccc(CC)cc2)c1. The third kappa shape index (κ3) is 6.79. The van der Waals surface area contributed by atoms with Crippen molar-refractivity contribution in [1.29, 1.82) is 0 Å².